The molecule has 124 valence electrons. The highest BCUT2D eigenvalue weighted by atomic mass is 16.4. The van der Waals surface area contributed by atoms with Gasteiger partial charge < -0.3 is 10.8 Å². The SMILES string of the molecule is CCCCCC/C=C/CCC1=NC=C[N+]1(CCN)CC(=O)O. The van der Waals surface area contributed by atoms with Crippen molar-refractivity contribution in [2.45, 2.75) is 51.9 Å². The van der Waals surface area contributed by atoms with Gasteiger partial charge in [0.1, 0.15) is 12.7 Å². The van der Waals surface area contributed by atoms with Crippen molar-refractivity contribution in [3.63, 3.8) is 0 Å². The molecule has 0 saturated heterocycles. The zero-order valence-corrected chi connectivity index (χ0v) is 13.7. The lowest BCUT2D eigenvalue weighted by Gasteiger charge is -2.30. The Morgan fingerprint density at radius 1 is 1.32 bits per heavy atom. The number of unbranched alkanes of at least 4 members (excludes halogenated alkanes) is 4. The fourth-order valence-corrected chi connectivity index (χ4v) is 2.77. The fourth-order valence-electron chi connectivity index (χ4n) is 2.77. The summed E-state index contributed by atoms with van der Waals surface area (Å²) in [6.45, 7) is 3.27. The van der Waals surface area contributed by atoms with Gasteiger partial charge in [-0.1, -0.05) is 38.3 Å². The number of carboxylic acid groups (broad SMARTS) is 1. The minimum absolute atomic E-state index is 0.0211. The van der Waals surface area contributed by atoms with Crippen LogP contribution in [0.2, 0.25) is 0 Å². The zero-order valence-electron chi connectivity index (χ0n) is 13.7. The molecule has 0 aromatic heterocycles. The highest BCUT2D eigenvalue weighted by Gasteiger charge is 2.36. The zero-order chi connectivity index (χ0) is 16.3. The first-order chi connectivity index (χ1) is 10.6. The lowest BCUT2D eigenvalue weighted by atomic mass is 10.1. The molecule has 1 unspecified atom stereocenters. The van der Waals surface area contributed by atoms with E-state index in [1.807, 2.05) is 6.20 Å². The average molecular weight is 308 g/mol. The third kappa shape index (κ3) is 6.12. The summed E-state index contributed by atoms with van der Waals surface area (Å²) < 4.78 is 0.274. The molecule has 0 fully saturated rings. The number of nitrogens with zero attached hydrogens (tertiary/aromatic N) is 2. The van der Waals surface area contributed by atoms with Gasteiger partial charge in [-0.05, 0) is 19.3 Å². The molecule has 1 aliphatic heterocycles. The van der Waals surface area contributed by atoms with Gasteiger partial charge in [-0.15, -0.1) is 0 Å². The van der Waals surface area contributed by atoms with Crippen molar-refractivity contribution < 1.29 is 14.4 Å². The maximum absolute atomic E-state index is 11.1. The van der Waals surface area contributed by atoms with Crippen LogP contribution in [-0.4, -0.2) is 41.0 Å². The molecule has 1 atom stereocenters. The number of hydrogen-bond donors (Lipinski definition) is 2. The summed E-state index contributed by atoms with van der Waals surface area (Å²) in [6.07, 6.45) is 15.9. The van der Waals surface area contributed by atoms with E-state index >= 15 is 0 Å². The Morgan fingerprint density at radius 3 is 2.77 bits per heavy atom. The molecular weight excluding hydrogens is 278 g/mol. The molecule has 0 spiro atoms. The molecule has 22 heavy (non-hydrogen) atoms. The minimum atomic E-state index is -0.820. The molecule has 0 aromatic rings. The number of carbonyl (C=O) groups is 1. The van der Waals surface area contributed by atoms with E-state index in [4.69, 9.17) is 10.8 Å². The first-order valence-electron chi connectivity index (χ1n) is 8.33. The van der Waals surface area contributed by atoms with Gasteiger partial charge in [-0.3, -0.25) is 0 Å². The van der Waals surface area contributed by atoms with Crippen LogP contribution in [0.15, 0.2) is 29.5 Å². The van der Waals surface area contributed by atoms with Crippen LogP contribution in [0.3, 0.4) is 0 Å². The lowest BCUT2D eigenvalue weighted by molar-refractivity contribution is -0.778. The summed E-state index contributed by atoms with van der Waals surface area (Å²) in [5.41, 5.74) is 5.65. The van der Waals surface area contributed by atoms with Crippen molar-refractivity contribution in [1.82, 2.24) is 0 Å². The van der Waals surface area contributed by atoms with Crippen molar-refractivity contribution in [2.24, 2.45) is 10.7 Å². The van der Waals surface area contributed by atoms with Gasteiger partial charge in [-0.2, -0.15) is 0 Å². The van der Waals surface area contributed by atoms with Crippen LogP contribution in [0.4, 0.5) is 0 Å². The van der Waals surface area contributed by atoms with Gasteiger partial charge in [0.05, 0.1) is 6.20 Å². The Hall–Kier alpha value is -1.46. The number of aliphatic carboxylic acids is 1. The molecular formula is C17H30N3O2+. The molecule has 0 saturated carbocycles. The molecule has 5 nitrogen and oxygen atoms in total. The molecule has 0 bridgehead atoms. The number of nitrogens with two attached hydrogens (primary N) is 1. The number of quaternary nitrogens is 1. The van der Waals surface area contributed by atoms with Gasteiger partial charge in [0.15, 0.2) is 6.54 Å². The number of carboxylic acids is 1. The van der Waals surface area contributed by atoms with Crippen LogP contribution >= 0.6 is 0 Å². The highest BCUT2D eigenvalue weighted by Crippen LogP contribution is 2.20. The van der Waals surface area contributed by atoms with Gasteiger partial charge in [0.2, 0.25) is 5.84 Å². The summed E-state index contributed by atoms with van der Waals surface area (Å²) in [5.74, 6) is 0.0858. The Kier molecular flexibility index (Phi) is 8.70. The quantitative estimate of drug-likeness (QED) is 0.330. The Bertz CT molecular complexity index is 430. The molecule has 1 rings (SSSR count). The standard InChI is InChI=1S/C17H29N3O2/c1-2-3-4-5-6-7-8-9-10-16-19-12-14-20(16,13-11-18)15-17(21)22/h7-8,12,14H,2-6,9-11,13,15,18H2,1H3/p+1/b8-7+. The second-order valence-electron chi connectivity index (χ2n) is 5.80. The summed E-state index contributed by atoms with van der Waals surface area (Å²) in [7, 11) is 0. The van der Waals surface area contributed by atoms with E-state index in [0.29, 0.717) is 13.1 Å². The maximum atomic E-state index is 11.1. The molecule has 0 aliphatic carbocycles. The van der Waals surface area contributed by atoms with Crippen LogP contribution in [0, 0.1) is 0 Å². The second kappa shape index (κ2) is 10.3. The Balaban J connectivity index is 2.40. The molecule has 0 amide bonds. The van der Waals surface area contributed by atoms with Crippen LogP contribution in [0.5, 0.6) is 0 Å². The largest absolute Gasteiger partial charge is 0.477 e. The third-order valence-corrected chi connectivity index (χ3v) is 3.96. The summed E-state index contributed by atoms with van der Waals surface area (Å²) in [5, 5.41) is 9.14. The van der Waals surface area contributed by atoms with Gasteiger partial charge in [0.25, 0.3) is 0 Å². The monoisotopic (exact) mass is 308 g/mol. The molecule has 1 aliphatic rings. The van der Waals surface area contributed by atoms with Crippen LogP contribution in [-0.2, 0) is 4.79 Å². The van der Waals surface area contributed by atoms with E-state index in [0.717, 1.165) is 25.1 Å². The highest BCUT2D eigenvalue weighted by molar-refractivity contribution is 5.81. The fraction of sp³-hybridized carbons (Fsp3) is 0.647. The number of rotatable bonds is 12. The summed E-state index contributed by atoms with van der Waals surface area (Å²) in [6, 6.07) is 0. The first kappa shape index (κ1) is 18.6. The van der Waals surface area contributed by atoms with E-state index in [1.165, 1.54) is 25.7 Å². The number of aliphatic imine (C=N–C) groups is 1. The van der Waals surface area contributed by atoms with Crippen molar-refractivity contribution in [2.75, 3.05) is 19.6 Å². The van der Waals surface area contributed by atoms with Gasteiger partial charge in [0, 0.05) is 13.0 Å². The molecule has 3 N–H and O–H groups in total. The van der Waals surface area contributed by atoms with E-state index in [2.05, 4.69) is 24.1 Å². The summed E-state index contributed by atoms with van der Waals surface area (Å²) >= 11 is 0. The number of amidine groups is 1. The van der Waals surface area contributed by atoms with Crippen LogP contribution in [0.1, 0.15) is 51.9 Å². The molecule has 1 heterocycles. The summed E-state index contributed by atoms with van der Waals surface area (Å²) in [4.78, 5) is 15.5. The normalized spacial score (nSPS) is 20.7. The predicted molar refractivity (Wildman–Crippen MR) is 90.4 cm³/mol. The lowest BCUT2D eigenvalue weighted by Crippen LogP contribution is -2.52. The molecule has 0 aromatic carbocycles. The van der Waals surface area contributed by atoms with Crippen molar-refractivity contribution >= 4 is 11.8 Å². The minimum Gasteiger partial charge on any atom is -0.477 e. The van der Waals surface area contributed by atoms with Crippen LogP contribution in [0.25, 0.3) is 0 Å². The van der Waals surface area contributed by atoms with Crippen molar-refractivity contribution in [1.29, 1.82) is 0 Å². The van der Waals surface area contributed by atoms with E-state index in [9.17, 15) is 4.79 Å². The number of allylic oxidation sites excluding steroid dienone is 2. The van der Waals surface area contributed by atoms with Crippen LogP contribution < -0.4 is 5.73 Å². The van der Waals surface area contributed by atoms with Crippen molar-refractivity contribution in [3.05, 3.63) is 24.6 Å². The first-order valence-corrected chi connectivity index (χ1v) is 8.33. The molecule has 5 heteroatoms. The van der Waals surface area contributed by atoms with E-state index in [-0.39, 0.29) is 11.0 Å². The van der Waals surface area contributed by atoms with E-state index < -0.39 is 5.97 Å². The topological polar surface area (TPSA) is 75.7 Å². The maximum Gasteiger partial charge on any atom is 0.360 e. The van der Waals surface area contributed by atoms with Crippen molar-refractivity contribution in [3.8, 4) is 0 Å². The second-order valence-corrected chi connectivity index (χ2v) is 5.80. The Morgan fingerprint density at radius 2 is 2.09 bits per heavy atom. The number of hydrogen-bond acceptors (Lipinski definition) is 3. The van der Waals surface area contributed by atoms with Gasteiger partial charge >= 0.3 is 5.97 Å². The third-order valence-electron chi connectivity index (χ3n) is 3.96. The average Bonchev–Trinajstić information content (AvgIpc) is 2.84. The smallest absolute Gasteiger partial charge is 0.360 e. The molecule has 0 radical (unpaired) electrons. The van der Waals surface area contributed by atoms with Gasteiger partial charge in [-0.25, -0.2) is 14.3 Å². The predicted octanol–water partition coefficient (Wildman–Crippen LogP) is 3.04. The Labute approximate surface area is 133 Å². The van der Waals surface area contributed by atoms with E-state index in [1.54, 1.807) is 6.20 Å².